The lowest BCUT2D eigenvalue weighted by molar-refractivity contribution is -0.136. The maximum atomic E-state index is 13.6. The lowest BCUT2D eigenvalue weighted by Gasteiger charge is -2.36. The zero-order valence-corrected chi connectivity index (χ0v) is 15.6. The smallest absolute Gasteiger partial charge is 0.233 e. The Morgan fingerprint density at radius 2 is 1.60 bits per heavy atom. The summed E-state index contributed by atoms with van der Waals surface area (Å²) in [6, 6.07) is 10.2. The maximum absolute atomic E-state index is 13.6. The van der Waals surface area contributed by atoms with Crippen LogP contribution in [0.3, 0.4) is 0 Å². The first kappa shape index (κ1) is 17.0. The molecule has 136 valence electrons. The molecule has 1 saturated heterocycles. The second kappa shape index (κ2) is 5.81. The first-order valence-electron chi connectivity index (χ1n) is 9.19. The van der Waals surface area contributed by atoms with Crippen molar-refractivity contribution >= 4 is 15.9 Å². The van der Waals surface area contributed by atoms with Gasteiger partial charge in [-0.2, -0.15) is 4.31 Å². The first-order chi connectivity index (χ1) is 11.9. The van der Waals surface area contributed by atoms with E-state index >= 15 is 0 Å². The van der Waals surface area contributed by atoms with Crippen LogP contribution in [-0.4, -0.2) is 56.0 Å². The molecule has 6 heteroatoms. The Morgan fingerprint density at radius 1 is 1.00 bits per heavy atom. The van der Waals surface area contributed by atoms with Gasteiger partial charge in [-0.25, -0.2) is 8.42 Å². The topological polar surface area (TPSA) is 57.7 Å². The fourth-order valence-corrected chi connectivity index (χ4v) is 5.99. The van der Waals surface area contributed by atoms with Gasteiger partial charge in [-0.05, 0) is 30.2 Å². The molecule has 1 aromatic carbocycles. The molecule has 0 N–H and O–H groups in total. The van der Waals surface area contributed by atoms with E-state index in [0.29, 0.717) is 26.2 Å². The van der Waals surface area contributed by atoms with Gasteiger partial charge in [0.15, 0.2) is 0 Å². The van der Waals surface area contributed by atoms with Gasteiger partial charge in [0.1, 0.15) is 0 Å². The van der Waals surface area contributed by atoms with Crippen LogP contribution in [0.2, 0.25) is 0 Å². The number of hydrogen-bond acceptors (Lipinski definition) is 3. The molecule has 4 rings (SSSR count). The average Bonchev–Trinajstić information content (AvgIpc) is 3.01. The lowest BCUT2D eigenvalue weighted by Crippen LogP contribution is -2.53. The molecular formula is C19H26N2O3S. The number of piperazine rings is 1. The van der Waals surface area contributed by atoms with Crippen molar-refractivity contribution < 1.29 is 13.2 Å². The van der Waals surface area contributed by atoms with E-state index in [4.69, 9.17) is 0 Å². The predicted molar refractivity (Wildman–Crippen MR) is 96.6 cm³/mol. The van der Waals surface area contributed by atoms with Crippen molar-refractivity contribution in [3.05, 3.63) is 35.9 Å². The molecule has 3 aliphatic rings. The Hall–Kier alpha value is -1.40. The number of benzene rings is 1. The van der Waals surface area contributed by atoms with Crippen molar-refractivity contribution in [3.63, 3.8) is 0 Å². The molecule has 5 nitrogen and oxygen atoms in total. The molecule has 25 heavy (non-hydrogen) atoms. The lowest BCUT2D eigenvalue weighted by atomic mass is 9.83. The highest BCUT2D eigenvalue weighted by Crippen LogP contribution is 2.72. The summed E-state index contributed by atoms with van der Waals surface area (Å²) in [4.78, 5) is 15.5. The third-order valence-corrected chi connectivity index (χ3v) is 7.87. The maximum Gasteiger partial charge on any atom is 0.233 e. The third kappa shape index (κ3) is 2.61. The van der Waals surface area contributed by atoms with Gasteiger partial charge in [0.05, 0.1) is 11.7 Å². The van der Waals surface area contributed by atoms with Gasteiger partial charge in [0, 0.05) is 26.2 Å². The quantitative estimate of drug-likeness (QED) is 0.826. The summed E-state index contributed by atoms with van der Waals surface area (Å²) in [5.74, 6) is 0.216. The van der Waals surface area contributed by atoms with Crippen molar-refractivity contribution in [2.24, 2.45) is 5.41 Å². The number of nitrogens with zero attached hydrogens (tertiary/aromatic N) is 2. The summed E-state index contributed by atoms with van der Waals surface area (Å²) in [6.07, 6.45) is 6.89. The summed E-state index contributed by atoms with van der Waals surface area (Å²) in [6.45, 7) is 1.80. The molecule has 1 heterocycles. The van der Waals surface area contributed by atoms with Crippen LogP contribution >= 0.6 is 0 Å². The van der Waals surface area contributed by atoms with Crippen LogP contribution in [0.1, 0.15) is 37.7 Å². The van der Waals surface area contributed by atoms with Gasteiger partial charge in [-0.15, -0.1) is 0 Å². The summed E-state index contributed by atoms with van der Waals surface area (Å²) >= 11 is 0. The highest BCUT2D eigenvalue weighted by Gasteiger charge is 2.73. The van der Waals surface area contributed by atoms with Crippen molar-refractivity contribution in [1.29, 1.82) is 0 Å². The van der Waals surface area contributed by atoms with Gasteiger partial charge in [-0.1, -0.05) is 43.2 Å². The predicted octanol–water partition coefficient (Wildman–Crippen LogP) is 1.99. The fraction of sp³-hybridized carbons (Fsp3) is 0.632. The second-order valence-corrected chi connectivity index (χ2v) is 9.87. The van der Waals surface area contributed by atoms with Crippen LogP contribution in [0.5, 0.6) is 0 Å². The van der Waals surface area contributed by atoms with Crippen molar-refractivity contribution in [2.75, 3.05) is 32.4 Å². The van der Waals surface area contributed by atoms with E-state index in [1.54, 1.807) is 0 Å². The normalized spacial score (nSPS) is 29.1. The molecule has 0 unspecified atom stereocenters. The van der Waals surface area contributed by atoms with Crippen LogP contribution in [-0.2, 0) is 20.2 Å². The monoisotopic (exact) mass is 362 g/mol. The minimum absolute atomic E-state index is 0.138. The van der Waals surface area contributed by atoms with Crippen LogP contribution < -0.4 is 0 Å². The molecule has 1 aromatic rings. The van der Waals surface area contributed by atoms with E-state index in [-0.39, 0.29) is 16.7 Å². The van der Waals surface area contributed by atoms with Crippen molar-refractivity contribution in [3.8, 4) is 0 Å². The van der Waals surface area contributed by atoms with Gasteiger partial charge in [0.2, 0.25) is 15.9 Å². The van der Waals surface area contributed by atoms with E-state index in [0.717, 1.165) is 24.8 Å². The minimum atomic E-state index is -3.17. The number of amides is 1. The summed E-state index contributed by atoms with van der Waals surface area (Å²) in [5.41, 5.74) is 0.907. The van der Waals surface area contributed by atoms with Crippen molar-refractivity contribution in [1.82, 2.24) is 9.21 Å². The molecule has 0 bridgehead atoms. The molecule has 0 radical (unpaired) electrons. The number of carbonyl (C=O) groups is 1. The summed E-state index contributed by atoms with van der Waals surface area (Å²) in [5, 5.41) is 0. The van der Waals surface area contributed by atoms with Gasteiger partial charge in [0.25, 0.3) is 0 Å². The molecule has 2 saturated carbocycles. The number of rotatable bonds is 3. The number of carbonyl (C=O) groups excluding carboxylic acids is 1. The van der Waals surface area contributed by atoms with Crippen LogP contribution in [0, 0.1) is 5.41 Å². The Balaban J connectivity index is 1.59. The van der Waals surface area contributed by atoms with Gasteiger partial charge >= 0.3 is 0 Å². The van der Waals surface area contributed by atoms with Crippen LogP contribution in [0.4, 0.5) is 0 Å². The van der Waals surface area contributed by atoms with Gasteiger partial charge in [-0.3, -0.25) is 4.79 Å². The van der Waals surface area contributed by atoms with Crippen LogP contribution in [0.15, 0.2) is 30.3 Å². The summed E-state index contributed by atoms with van der Waals surface area (Å²) < 4.78 is 24.9. The van der Waals surface area contributed by atoms with E-state index < -0.39 is 10.0 Å². The number of hydrogen-bond donors (Lipinski definition) is 0. The first-order valence-corrected chi connectivity index (χ1v) is 11.0. The van der Waals surface area contributed by atoms with Gasteiger partial charge < -0.3 is 4.90 Å². The zero-order valence-electron chi connectivity index (χ0n) is 14.8. The van der Waals surface area contributed by atoms with Crippen molar-refractivity contribution in [2.45, 2.75) is 37.5 Å². The SMILES string of the molecule is CS(=O)(=O)N1CCN(C(=O)[C@]2(c3ccccc3)CC23CCCC3)CC1. The van der Waals surface area contributed by atoms with Crippen LogP contribution in [0.25, 0.3) is 0 Å². The summed E-state index contributed by atoms with van der Waals surface area (Å²) in [7, 11) is -3.17. The van der Waals surface area contributed by atoms with E-state index in [9.17, 15) is 13.2 Å². The van der Waals surface area contributed by atoms with E-state index in [1.165, 1.54) is 23.4 Å². The zero-order chi connectivity index (χ0) is 17.7. The molecule has 0 aromatic heterocycles. The highest BCUT2D eigenvalue weighted by molar-refractivity contribution is 7.88. The minimum Gasteiger partial charge on any atom is -0.339 e. The average molecular weight is 362 g/mol. The second-order valence-electron chi connectivity index (χ2n) is 7.89. The molecular weight excluding hydrogens is 336 g/mol. The Kier molecular flexibility index (Phi) is 3.96. The third-order valence-electron chi connectivity index (χ3n) is 6.57. The largest absolute Gasteiger partial charge is 0.339 e. The molecule has 1 aliphatic heterocycles. The highest BCUT2D eigenvalue weighted by atomic mass is 32.2. The van der Waals surface area contributed by atoms with E-state index in [1.807, 2.05) is 23.1 Å². The standard InChI is InChI=1S/C19H26N2O3S/c1-25(23,24)21-13-11-20(12-14-21)17(22)19(16-7-3-2-4-8-16)15-18(19)9-5-6-10-18/h2-4,7-8H,5-6,9-15H2,1H3/t19-/m1/s1. The number of sulfonamides is 1. The molecule has 1 atom stereocenters. The molecule has 1 amide bonds. The Labute approximate surface area is 150 Å². The fourth-order valence-electron chi connectivity index (χ4n) is 5.17. The molecule has 3 fully saturated rings. The van der Waals surface area contributed by atoms with E-state index in [2.05, 4.69) is 12.1 Å². The Bertz CT molecular complexity index is 763. The Morgan fingerprint density at radius 3 is 2.16 bits per heavy atom. The molecule has 1 spiro atoms. The molecule has 2 aliphatic carbocycles.